The summed E-state index contributed by atoms with van der Waals surface area (Å²) >= 11 is 2.94. The molecule has 0 N–H and O–H groups in total. The summed E-state index contributed by atoms with van der Waals surface area (Å²) in [6, 6.07) is 0. The van der Waals surface area contributed by atoms with E-state index in [1.165, 1.54) is 25.9 Å². The third kappa shape index (κ3) is 1.76. The first-order valence-electron chi connectivity index (χ1n) is 2.52. The molecular weight excluding hydrogens is 196 g/mol. The minimum atomic E-state index is 0.935. The van der Waals surface area contributed by atoms with Crippen molar-refractivity contribution in [3.05, 3.63) is 0 Å². The van der Waals surface area contributed by atoms with Gasteiger partial charge in [0.25, 0.3) is 0 Å². The van der Waals surface area contributed by atoms with Crippen molar-refractivity contribution in [3.8, 4) is 0 Å². The van der Waals surface area contributed by atoms with Crippen molar-refractivity contribution >= 4 is 7.06 Å². The molecule has 0 saturated carbocycles. The molecule has 0 bridgehead atoms. The molecule has 1 aliphatic rings. The monoisotopic (exact) mass is 205 g/mol. The molecule has 1 aliphatic heterocycles. The van der Waals surface area contributed by atoms with Crippen LogP contribution in [-0.4, -0.2) is 17.8 Å². The molecular formula is C4H9NPRh. The zero-order valence-electron chi connectivity index (χ0n) is 4.11. The molecule has 1 heterocycles. The van der Waals surface area contributed by atoms with Crippen LogP contribution in [0.1, 0.15) is 12.8 Å². The van der Waals surface area contributed by atoms with Crippen LogP contribution in [0, 0.1) is 0 Å². The number of nitrogens with zero attached hydrogens (tertiary/aromatic N) is 1. The predicted molar refractivity (Wildman–Crippen MR) is 29.1 cm³/mol. The third-order valence-electron chi connectivity index (χ3n) is 1.21. The Morgan fingerprint density at radius 1 is 1.29 bits per heavy atom. The molecule has 7 heavy (non-hydrogen) atoms. The van der Waals surface area contributed by atoms with Gasteiger partial charge in [0.1, 0.15) is 0 Å². The van der Waals surface area contributed by atoms with Gasteiger partial charge >= 0.3 is 55.5 Å². The van der Waals surface area contributed by atoms with E-state index in [2.05, 4.69) is 22.5 Å². The fraction of sp³-hybridized carbons (Fsp3) is 1.00. The van der Waals surface area contributed by atoms with Gasteiger partial charge < -0.3 is 0 Å². The van der Waals surface area contributed by atoms with Crippen molar-refractivity contribution in [1.29, 1.82) is 0 Å². The first-order valence-corrected chi connectivity index (χ1v) is 5.76. The number of hydrogen-bond donors (Lipinski definition) is 0. The Kier molecular flexibility index (Phi) is 2.74. The molecule has 0 aromatic heterocycles. The molecule has 0 radical (unpaired) electrons. The molecule has 1 atom stereocenters. The van der Waals surface area contributed by atoms with Crippen LogP contribution in [0.15, 0.2) is 0 Å². The second-order valence-corrected chi connectivity index (χ2v) is 3.65. The maximum atomic E-state index is 2.94. The first kappa shape index (κ1) is 6.14. The maximum absolute atomic E-state index is 2.94. The van der Waals surface area contributed by atoms with Gasteiger partial charge in [0.05, 0.1) is 0 Å². The number of rotatable bonds is 1. The molecule has 1 rings (SSSR count). The normalized spacial score (nSPS) is 25.4. The Balaban J connectivity index is 2.14. The summed E-state index contributed by atoms with van der Waals surface area (Å²) in [5.74, 6) is 0. The summed E-state index contributed by atoms with van der Waals surface area (Å²) in [6.45, 7) is 2.66. The Bertz CT molecular complexity index is 53.7. The molecule has 3 heteroatoms. The quantitative estimate of drug-likeness (QED) is 0.458. The zero-order valence-corrected chi connectivity index (χ0v) is 6.75. The van der Waals surface area contributed by atoms with Crippen LogP contribution in [0.25, 0.3) is 0 Å². The minimum absolute atomic E-state index is 0.935. The second kappa shape index (κ2) is 3.12. The van der Waals surface area contributed by atoms with E-state index in [0.717, 1.165) is 7.06 Å². The van der Waals surface area contributed by atoms with Crippen LogP contribution in [0.3, 0.4) is 0 Å². The van der Waals surface area contributed by atoms with Gasteiger partial charge in [-0.15, -0.1) is 0 Å². The molecule has 1 fully saturated rings. The Labute approximate surface area is 55.9 Å². The summed E-state index contributed by atoms with van der Waals surface area (Å²) in [5, 5.41) is 0. The van der Waals surface area contributed by atoms with E-state index < -0.39 is 0 Å². The van der Waals surface area contributed by atoms with E-state index in [-0.39, 0.29) is 0 Å². The summed E-state index contributed by atoms with van der Waals surface area (Å²) in [4.78, 5) is 0. The van der Waals surface area contributed by atoms with Crippen LogP contribution in [-0.2, 0) is 17.8 Å². The van der Waals surface area contributed by atoms with E-state index in [4.69, 9.17) is 0 Å². The standard InChI is InChI=1S/C4H9NP.Rh/c6-5-3-1-2-4-5;/h6H,1-4H2;/q-1;+1. The van der Waals surface area contributed by atoms with Gasteiger partial charge in [-0.2, -0.15) is 0 Å². The average Bonchev–Trinajstić information content (AvgIpc) is 2.14. The van der Waals surface area contributed by atoms with Gasteiger partial charge in [-0.25, -0.2) is 0 Å². The summed E-state index contributed by atoms with van der Waals surface area (Å²) < 4.78 is 2.46. The molecule has 0 spiro atoms. The number of hydrogen-bond acceptors (Lipinski definition) is 1. The van der Waals surface area contributed by atoms with E-state index in [9.17, 15) is 0 Å². The summed E-state index contributed by atoms with van der Waals surface area (Å²) in [5.41, 5.74) is 0. The fourth-order valence-corrected chi connectivity index (χ4v) is 2.36. The SMILES string of the molecule is [Rh][PH]N1CCCC1. The van der Waals surface area contributed by atoms with Gasteiger partial charge in [0.15, 0.2) is 0 Å². The Hall–Kier alpha value is 1.01. The fourth-order valence-electron chi connectivity index (χ4n) is 0.792. The molecule has 0 amide bonds. The van der Waals surface area contributed by atoms with Crippen LogP contribution in [0.2, 0.25) is 0 Å². The van der Waals surface area contributed by atoms with Crippen LogP contribution in [0.4, 0.5) is 0 Å². The van der Waals surface area contributed by atoms with E-state index in [1.807, 2.05) is 0 Å². The molecule has 0 aromatic carbocycles. The average molecular weight is 205 g/mol. The molecule has 0 aromatic rings. The van der Waals surface area contributed by atoms with Gasteiger partial charge in [-0.3, -0.25) is 0 Å². The van der Waals surface area contributed by atoms with E-state index in [0.29, 0.717) is 0 Å². The molecule has 1 unspecified atom stereocenters. The van der Waals surface area contributed by atoms with Crippen molar-refractivity contribution in [2.24, 2.45) is 0 Å². The molecule has 1 nitrogen and oxygen atoms in total. The van der Waals surface area contributed by atoms with Crippen LogP contribution in [0.5, 0.6) is 0 Å². The molecule has 1 saturated heterocycles. The molecule has 0 aliphatic carbocycles. The first-order chi connectivity index (χ1) is 3.43. The van der Waals surface area contributed by atoms with Crippen molar-refractivity contribution in [3.63, 3.8) is 0 Å². The summed E-state index contributed by atoms with van der Waals surface area (Å²) in [7, 11) is 0.935. The van der Waals surface area contributed by atoms with Crippen molar-refractivity contribution < 1.29 is 17.8 Å². The summed E-state index contributed by atoms with van der Waals surface area (Å²) in [6.07, 6.45) is 2.83. The Morgan fingerprint density at radius 3 is 2.14 bits per heavy atom. The topological polar surface area (TPSA) is 3.24 Å². The van der Waals surface area contributed by atoms with Crippen LogP contribution < -0.4 is 0 Å². The van der Waals surface area contributed by atoms with Crippen LogP contribution >= 0.6 is 7.06 Å². The molecule has 44 valence electrons. The van der Waals surface area contributed by atoms with Gasteiger partial charge in [-0.05, 0) is 0 Å². The second-order valence-electron chi connectivity index (χ2n) is 1.77. The van der Waals surface area contributed by atoms with Gasteiger partial charge in [-0.1, -0.05) is 0 Å². The predicted octanol–water partition coefficient (Wildman–Crippen LogP) is 1.14. The van der Waals surface area contributed by atoms with E-state index >= 15 is 0 Å². The van der Waals surface area contributed by atoms with E-state index in [1.54, 1.807) is 0 Å². The third-order valence-corrected chi connectivity index (χ3v) is 3.42. The Morgan fingerprint density at radius 2 is 1.86 bits per heavy atom. The van der Waals surface area contributed by atoms with Gasteiger partial charge in [0, 0.05) is 0 Å². The van der Waals surface area contributed by atoms with Crippen molar-refractivity contribution in [2.45, 2.75) is 12.8 Å². The van der Waals surface area contributed by atoms with Crippen molar-refractivity contribution in [1.82, 2.24) is 4.67 Å². The van der Waals surface area contributed by atoms with Crippen molar-refractivity contribution in [2.75, 3.05) is 13.1 Å². The zero-order chi connectivity index (χ0) is 5.11. The van der Waals surface area contributed by atoms with Gasteiger partial charge in [0.2, 0.25) is 0 Å².